The smallest absolute Gasteiger partial charge is 0.0931 e. The number of aromatic nitrogens is 2. The van der Waals surface area contributed by atoms with Gasteiger partial charge in [0.15, 0.2) is 0 Å². The number of aromatic amines is 1. The standard InChI is InChI=1S/C16H18N4/c1-17-13-4-6-14(7-5-13)20(2)10-12-3-8-15-16(9-12)19-11-18-15/h3-9,11,17H,10H2,1-2H3,(H,18,19). The number of nitrogens with zero attached hydrogens (tertiary/aromatic N) is 2. The highest BCUT2D eigenvalue weighted by Gasteiger charge is 2.04. The van der Waals surface area contributed by atoms with Gasteiger partial charge in [-0.25, -0.2) is 4.98 Å². The molecule has 0 fully saturated rings. The third-order valence-electron chi connectivity index (χ3n) is 3.50. The van der Waals surface area contributed by atoms with Crippen LogP contribution in [0.25, 0.3) is 11.0 Å². The fraction of sp³-hybridized carbons (Fsp3) is 0.188. The molecule has 0 saturated heterocycles. The summed E-state index contributed by atoms with van der Waals surface area (Å²) in [6, 6.07) is 14.8. The zero-order chi connectivity index (χ0) is 13.9. The third kappa shape index (κ3) is 2.45. The van der Waals surface area contributed by atoms with Crippen molar-refractivity contribution in [3.05, 3.63) is 54.4 Å². The van der Waals surface area contributed by atoms with Gasteiger partial charge in [-0.3, -0.25) is 0 Å². The highest BCUT2D eigenvalue weighted by atomic mass is 15.1. The highest BCUT2D eigenvalue weighted by Crippen LogP contribution is 2.19. The lowest BCUT2D eigenvalue weighted by Gasteiger charge is -2.19. The van der Waals surface area contributed by atoms with Gasteiger partial charge in [0.1, 0.15) is 0 Å². The Balaban J connectivity index is 1.78. The van der Waals surface area contributed by atoms with Crippen molar-refractivity contribution < 1.29 is 0 Å². The molecular formula is C16H18N4. The molecule has 20 heavy (non-hydrogen) atoms. The quantitative estimate of drug-likeness (QED) is 0.762. The van der Waals surface area contributed by atoms with E-state index in [1.807, 2.05) is 7.05 Å². The second-order valence-corrected chi connectivity index (χ2v) is 4.91. The van der Waals surface area contributed by atoms with Gasteiger partial charge in [0.25, 0.3) is 0 Å². The Hall–Kier alpha value is -2.49. The van der Waals surface area contributed by atoms with Gasteiger partial charge in [-0.15, -0.1) is 0 Å². The fourth-order valence-corrected chi connectivity index (χ4v) is 2.33. The SMILES string of the molecule is CNc1ccc(N(C)Cc2ccc3nc[nH]c3c2)cc1. The molecule has 1 aromatic heterocycles. The predicted molar refractivity (Wildman–Crippen MR) is 84.2 cm³/mol. The summed E-state index contributed by atoms with van der Waals surface area (Å²) in [6.45, 7) is 0.869. The summed E-state index contributed by atoms with van der Waals surface area (Å²) in [5.74, 6) is 0. The van der Waals surface area contributed by atoms with Crippen LogP contribution < -0.4 is 10.2 Å². The van der Waals surface area contributed by atoms with E-state index in [1.54, 1.807) is 6.33 Å². The number of hydrogen-bond donors (Lipinski definition) is 2. The maximum atomic E-state index is 4.24. The van der Waals surface area contributed by atoms with Crippen molar-refractivity contribution in [1.82, 2.24) is 9.97 Å². The maximum absolute atomic E-state index is 4.24. The Bertz CT molecular complexity index is 700. The van der Waals surface area contributed by atoms with Crippen molar-refractivity contribution in [1.29, 1.82) is 0 Å². The molecule has 2 N–H and O–H groups in total. The molecule has 0 aliphatic rings. The number of imidazole rings is 1. The van der Waals surface area contributed by atoms with E-state index in [0.717, 1.165) is 23.3 Å². The summed E-state index contributed by atoms with van der Waals surface area (Å²) < 4.78 is 0. The Morgan fingerprint density at radius 1 is 1.15 bits per heavy atom. The number of rotatable bonds is 4. The van der Waals surface area contributed by atoms with E-state index in [4.69, 9.17) is 0 Å². The number of nitrogens with one attached hydrogen (secondary N) is 2. The monoisotopic (exact) mass is 266 g/mol. The van der Waals surface area contributed by atoms with Crippen LogP contribution in [0.5, 0.6) is 0 Å². The minimum absolute atomic E-state index is 0.869. The first-order chi connectivity index (χ1) is 9.76. The molecule has 0 unspecified atom stereocenters. The molecule has 1 heterocycles. The van der Waals surface area contributed by atoms with Crippen LogP contribution in [0.2, 0.25) is 0 Å². The Labute approximate surface area is 118 Å². The van der Waals surface area contributed by atoms with Crippen LogP contribution in [0.1, 0.15) is 5.56 Å². The summed E-state index contributed by atoms with van der Waals surface area (Å²) in [5.41, 5.74) is 5.69. The van der Waals surface area contributed by atoms with E-state index in [-0.39, 0.29) is 0 Å². The number of benzene rings is 2. The van der Waals surface area contributed by atoms with E-state index in [2.05, 4.69) is 69.7 Å². The molecule has 4 nitrogen and oxygen atoms in total. The van der Waals surface area contributed by atoms with Crippen molar-refractivity contribution in [2.24, 2.45) is 0 Å². The predicted octanol–water partition coefficient (Wildman–Crippen LogP) is 3.24. The lowest BCUT2D eigenvalue weighted by molar-refractivity contribution is 0.924. The van der Waals surface area contributed by atoms with E-state index in [0.29, 0.717) is 0 Å². The molecule has 2 aromatic carbocycles. The molecule has 0 saturated carbocycles. The summed E-state index contributed by atoms with van der Waals surface area (Å²) >= 11 is 0. The normalized spacial score (nSPS) is 10.7. The molecule has 4 heteroatoms. The van der Waals surface area contributed by atoms with E-state index in [9.17, 15) is 0 Å². The Kier molecular flexibility index (Phi) is 3.29. The summed E-state index contributed by atoms with van der Waals surface area (Å²) in [6.07, 6.45) is 1.73. The topological polar surface area (TPSA) is 44.0 Å². The fourth-order valence-electron chi connectivity index (χ4n) is 2.33. The van der Waals surface area contributed by atoms with Crippen LogP contribution in [-0.2, 0) is 6.54 Å². The van der Waals surface area contributed by atoms with Crippen LogP contribution >= 0.6 is 0 Å². The average Bonchev–Trinajstić information content (AvgIpc) is 2.95. The third-order valence-corrected chi connectivity index (χ3v) is 3.50. The number of hydrogen-bond acceptors (Lipinski definition) is 3. The van der Waals surface area contributed by atoms with Gasteiger partial charge in [0.2, 0.25) is 0 Å². The van der Waals surface area contributed by atoms with Crippen molar-refractivity contribution in [3.8, 4) is 0 Å². The van der Waals surface area contributed by atoms with Gasteiger partial charge in [-0.2, -0.15) is 0 Å². The first-order valence-corrected chi connectivity index (χ1v) is 6.67. The average molecular weight is 266 g/mol. The largest absolute Gasteiger partial charge is 0.388 e. The van der Waals surface area contributed by atoms with Crippen molar-refractivity contribution >= 4 is 22.4 Å². The molecule has 0 aliphatic carbocycles. The van der Waals surface area contributed by atoms with E-state index in [1.165, 1.54) is 11.3 Å². The second kappa shape index (κ2) is 5.25. The molecule has 0 radical (unpaired) electrons. The van der Waals surface area contributed by atoms with Crippen LogP contribution in [0.15, 0.2) is 48.8 Å². The second-order valence-electron chi connectivity index (χ2n) is 4.91. The van der Waals surface area contributed by atoms with E-state index < -0.39 is 0 Å². The highest BCUT2D eigenvalue weighted by molar-refractivity contribution is 5.75. The number of fused-ring (bicyclic) bond motifs is 1. The summed E-state index contributed by atoms with van der Waals surface area (Å²) in [5, 5.41) is 3.13. The first kappa shape index (κ1) is 12.5. The maximum Gasteiger partial charge on any atom is 0.0931 e. The van der Waals surface area contributed by atoms with Gasteiger partial charge in [-0.05, 0) is 42.0 Å². The summed E-state index contributed by atoms with van der Waals surface area (Å²) in [7, 11) is 4.03. The van der Waals surface area contributed by atoms with Crippen molar-refractivity contribution in [2.45, 2.75) is 6.54 Å². The molecule has 3 rings (SSSR count). The van der Waals surface area contributed by atoms with Gasteiger partial charge in [0, 0.05) is 32.0 Å². The zero-order valence-corrected chi connectivity index (χ0v) is 11.7. The minimum atomic E-state index is 0.869. The van der Waals surface area contributed by atoms with Gasteiger partial charge in [0.05, 0.1) is 17.4 Å². The Morgan fingerprint density at radius 3 is 2.70 bits per heavy atom. The lowest BCUT2D eigenvalue weighted by atomic mass is 10.2. The van der Waals surface area contributed by atoms with Crippen LogP contribution in [0.4, 0.5) is 11.4 Å². The van der Waals surface area contributed by atoms with Gasteiger partial charge in [-0.1, -0.05) is 6.07 Å². The molecular weight excluding hydrogens is 248 g/mol. The molecule has 0 atom stereocenters. The molecule has 0 aliphatic heterocycles. The summed E-state index contributed by atoms with van der Waals surface area (Å²) in [4.78, 5) is 9.62. The lowest BCUT2D eigenvalue weighted by Crippen LogP contribution is -2.16. The first-order valence-electron chi connectivity index (χ1n) is 6.67. The van der Waals surface area contributed by atoms with Gasteiger partial charge < -0.3 is 15.2 Å². The number of H-pyrrole nitrogens is 1. The zero-order valence-electron chi connectivity index (χ0n) is 11.7. The molecule has 0 spiro atoms. The van der Waals surface area contributed by atoms with Crippen LogP contribution in [0, 0.1) is 0 Å². The van der Waals surface area contributed by atoms with Crippen LogP contribution in [0.3, 0.4) is 0 Å². The van der Waals surface area contributed by atoms with Crippen molar-refractivity contribution in [3.63, 3.8) is 0 Å². The minimum Gasteiger partial charge on any atom is -0.388 e. The molecule has 102 valence electrons. The van der Waals surface area contributed by atoms with Crippen molar-refractivity contribution in [2.75, 3.05) is 24.3 Å². The Morgan fingerprint density at radius 2 is 1.95 bits per heavy atom. The molecule has 0 bridgehead atoms. The van der Waals surface area contributed by atoms with Gasteiger partial charge >= 0.3 is 0 Å². The number of anilines is 2. The molecule has 0 amide bonds. The van der Waals surface area contributed by atoms with Crippen LogP contribution in [-0.4, -0.2) is 24.1 Å². The van der Waals surface area contributed by atoms with E-state index >= 15 is 0 Å². The molecule has 3 aromatic rings.